The summed E-state index contributed by atoms with van der Waals surface area (Å²) in [5.41, 5.74) is 6.79. The number of aryl methyl sites for hydroxylation is 2. The van der Waals surface area contributed by atoms with Crippen LogP contribution < -0.4 is 0 Å². The molecule has 2 aromatic rings. The Kier molecular flexibility index (Phi) is 3.35. The molecule has 0 radical (unpaired) electrons. The van der Waals surface area contributed by atoms with Crippen LogP contribution in [0, 0.1) is 27.7 Å². The molecular weight excluding hydrogens is 242 g/mol. The van der Waals surface area contributed by atoms with Crippen LogP contribution in [0.2, 0.25) is 0 Å². The van der Waals surface area contributed by atoms with Crippen molar-refractivity contribution in [2.45, 2.75) is 34.6 Å². The molecule has 0 aliphatic rings. The van der Waals surface area contributed by atoms with Gasteiger partial charge in [-0.15, -0.1) is 11.3 Å². The average molecular weight is 259 g/mol. The molecule has 0 N–H and O–H groups in total. The molecule has 0 spiro atoms. The summed E-state index contributed by atoms with van der Waals surface area (Å²) in [4.78, 5) is 15.8. The summed E-state index contributed by atoms with van der Waals surface area (Å²) in [6.07, 6.45) is 0. The minimum absolute atomic E-state index is 0.0252. The summed E-state index contributed by atoms with van der Waals surface area (Å²) >= 11 is 1.54. The van der Waals surface area contributed by atoms with Crippen molar-refractivity contribution in [2.24, 2.45) is 0 Å². The molecule has 0 fully saturated rings. The Hall–Kier alpha value is -1.48. The smallest absolute Gasteiger partial charge is 0.178 e. The first-order valence-electron chi connectivity index (χ1n) is 5.96. The van der Waals surface area contributed by atoms with E-state index in [4.69, 9.17) is 0 Å². The molecule has 0 saturated carbocycles. The van der Waals surface area contributed by atoms with Crippen LogP contribution in [0.3, 0.4) is 0 Å². The number of carbonyl (C=O) groups is 1. The number of ketones is 1. The number of aromatic nitrogens is 1. The molecular formula is C15H17NOS. The van der Waals surface area contributed by atoms with E-state index in [2.05, 4.69) is 38.7 Å². The Bertz CT molecular complexity index is 599. The lowest BCUT2D eigenvalue weighted by molar-refractivity contribution is 0.101. The standard InChI is InChI=1S/C15H17NOS/c1-8-6-9(2)11(4)14(10(8)3)15-16-13(7-18-15)12(5)17/h6-7H,1-5H3. The number of nitrogens with zero attached hydrogens (tertiary/aromatic N) is 1. The van der Waals surface area contributed by atoms with Gasteiger partial charge in [0.05, 0.1) is 0 Å². The predicted molar refractivity (Wildman–Crippen MR) is 76.5 cm³/mol. The molecule has 0 bridgehead atoms. The Morgan fingerprint density at radius 1 is 1.11 bits per heavy atom. The van der Waals surface area contributed by atoms with Crippen LogP contribution in [0.25, 0.3) is 10.6 Å². The van der Waals surface area contributed by atoms with E-state index < -0.39 is 0 Å². The molecule has 18 heavy (non-hydrogen) atoms. The first kappa shape index (κ1) is 13.0. The van der Waals surface area contributed by atoms with E-state index in [-0.39, 0.29) is 5.78 Å². The van der Waals surface area contributed by atoms with Gasteiger partial charge in [0.25, 0.3) is 0 Å². The molecule has 0 aliphatic heterocycles. The van der Waals surface area contributed by atoms with Crippen molar-refractivity contribution >= 4 is 17.1 Å². The van der Waals surface area contributed by atoms with E-state index in [1.807, 2.05) is 5.38 Å². The van der Waals surface area contributed by atoms with Crippen molar-refractivity contribution in [1.82, 2.24) is 4.98 Å². The average Bonchev–Trinajstić information content (AvgIpc) is 2.76. The summed E-state index contributed by atoms with van der Waals surface area (Å²) < 4.78 is 0. The number of rotatable bonds is 2. The second-order valence-electron chi connectivity index (χ2n) is 4.73. The van der Waals surface area contributed by atoms with E-state index in [1.165, 1.54) is 27.8 Å². The van der Waals surface area contributed by atoms with E-state index in [9.17, 15) is 4.79 Å². The first-order chi connectivity index (χ1) is 8.41. The van der Waals surface area contributed by atoms with Gasteiger partial charge in [-0.1, -0.05) is 6.07 Å². The summed E-state index contributed by atoms with van der Waals surface area (Å²) in [6, 6.07) is 2.20. The Balaban J connectivity index is 2.66. The quantitative estimate of drug-likeness (QED) is 0.755. The lowest BCUT2D eigenvalue weighted by atomic mass is 9.94. The largest absolute Gasteiger partial charge is 0.293 e. The molecule has 0 amide bonds. The molecule has 0 saturated heterocycles. The van der Waals surface area contributed by atoms with Gasteiger partial charge in [0.15, 0.2) is 5.78 Å². The number of hydrogen-bond acceptors (Lipinski definition) is 3. The summed E-state index contributed by atoms with van der Waals surface area (Å²) in [7, 11) is 0. The van der Waals surface area contributed by atoms with Crippen LogP contribution in [0.15, 0.2) is 11.4 Å². The molecule has 1 aromatic heterocycles. The fraction of sp³-hybridized carbons (Fsp3) is 0.333. The number of benzene rings is 1. The van der Waals surface area contributed by atoms with Gasteiger partial charge < -0.3 is 0 Å². The third-order valence-electron chi connectivity index (χ3n) is 3.44. The molecule has 94 valence electrons. The third kappa shape index (κ3) is 2.10. The van der Waals surface area contributed by atoms with Crippen LogP contribution >= 0.6 is 11.3 Å². The minimum atomic E-state index is 0.0252. The highest BCUT2D eigenvalue weighted by Gasteiger charge is 2.15. The molecule has 0 unspecified atom stereocenters. The molecule has 1 heterocycles. The van der Waals surface area contributed by atoms with Gasteiger partial charge in [0, 0.05) is 17.9 Å². The van der Waals surface area contributed by atoms with Gasteiger partial charge in [0.2, 0.25) is 0 Å². The molecule has 2 rings (SSSR count). The summed E-state index contributed by atoms with van der Waals surface area (Å²) in [5.74, 6) is 0.0252. The zero-order valence-corrected chi connectivity index (χ0v) is 12.2. The van der Waals surface area contributed by atoms with Crippen molar-refractivity contribution < 1.29 is 4.79 Å². The SMILES string of the molecule is CC(=O)c1csc(-c2c(C)c(C)cc(C)c2C)n1. The van der Waals surface area contributed by atoms with Crippen molar-refractivity contribution in [3.05, 3.63) is 39.4 Å². The molecule has 0 atom stereocenters. The van der Waals surface area contributed by atoms with E-state index in [0.29, 0.717) is 5.69 Å². The number of carbonyl (C=O) groups excluding carboxylic acids is 1. The van der Waals surface area contributed by atoms with Gasteiger partial charge in [0.1, 0.15) is 10.7 Å². The van der Waals surface area contributed by atoms with E-state index in [0.717, 1.165) is 5.01 Å². The van der Waals surface area contributed by atoms with Crippen LogP contribution in [-0.2, 0) is 0 Å². The lowest BCUT2D eigenvalue weighted by Crippen LogP contribution is -1.96. The van der Waals surface area contributed by atoms with Crippen LogP contribution in [-0.4, -0.2) is 10.8 Å². The molecule has 2 nitrogen and oxygen atoms in total. The second-order valence-corrected chi connectivity index (χ2v) is 5.59. The number of hydrogen-bond donors (Lipinski definition) is 0. The van der Waals surface area contributed by atoms with Crippen LogP contribution in [0.1, 0.15) is 39.7 Å². The van der Waals surface area contributed by atoms with Gasteiger partial charge in [-0.25, -0.2) is 4.98 Å². The second kappa shape index (κ2) is 4.65. The lowest BCUT2D eigenvalue weighted by Gasteiger charge is -2.13. The zero-order chi connectivity index (χ0) is 13.4. The Morgan fingerprint density at radius 2 is 1.67 bits per heavy atom. The first-order valence-corrected chi connectivity index (χ1v) is 6.84. The number of Topliss-reactive ketones (excluding diaryl/α,β-unsaturated/α-hetero) is 1. The van der Waals surface area contributed by atoms with Gasteiger partial charge >= 0.3 is 0 Å². The maximum atomic E-state index is 11.3. The maximum Gasteiger partial charge on any atom is 0.178 e. The maximum absolute atomic E-state index is 11.3. The minimum Gasteiger partial charge on any atom is -0.293 e. The topological polar surface area (TPSA) is 30.0 Å². The monoisotopic (exact) mass is 259 g/mol. The summed E-state index contributed by atoms with van der Waals surface area (Å²) in [5, 5.41) is 2.79. The summed E-state index contributed by atoms with van der Waals surface area (Å²) in [6.45, 7) is 10.0. The Labute approximate surface area is 112 Å². The highest BCUT2D eigenvalue weighted by molar-refractivity contribution is 7.13. The van der Waals surface area contributed by atoms with Crippen LogP contribution in [0.4, 0.5) is 0 Å². The highest BCUT2D eigenvalue weighted by atomic mass is 32.1. The molecule has 3 heteroatoms. The molecule has 0 aliphatic carbocycles. The Morgan fingerprint density at radius 3 is 2.11 bits per heavy atom. The normalized spacial score (nSPS) is 10.7. The fourth-order valence-corrected chi connectivity index (χ4v) is 3.10. The van der Waals surface area contributed by atoms with E-state index in [1.54, 1.807) is 18.3 Å². The van der Waals surface area contributed by atoms with Gasteiger partial charge in [-0.3, -0.25) is 4.79 Å². The zero-order valence-electron chi connectivity index (χ0n) is 11.4. The highest BCUT2D eigenvalue weighted by Crippen LogP contribution is 2.33. The predicted octanol–water partition coefficient (Wildman–Crippen LogP) is 4.25. The van der Waals surface area contributed by atoms with Crippen LogP contribution in [0.5, 0.6) is 0 Å². The van der Waals surface area contributed by atoms with Gasteiger partial charge in [-0.05, 0) is 49.9 Å². The fourth-order valence-electron chi connectivity index (χ4n) is 2.09. The van der Waals surface area contributed by atoms with Crippen molar-refractivity contribution in [2.75, 3.05) is 0 Å². The third-order valence-corrected chi connectivity index (χ3v) is 4.30. The van der Waals surface area contributed by atoms with E-state index >= 15 is 0 Å². The van der Waals surface area contributed by atoms with Crippen molar-refractivity contribution in [3.8, 4) is 10.6 Å². The van der Waals surface area contributed by atoms with Gasteiger partial charge in [-0.2, -0.15) is 0 Å². The van der Waals surface area contributed by atoms with Crippen molar-refractivity contribution in [3.63, 3.8) is 0 Å². The van der Waals surface area contributed by atoms with Crippen molar-refractivity contribution in [1.29, 1.82) is 0 Å². The molecule has 1 aromatic carbocycles. The number of thiazole rings is 1.